The first-order valence-corrected chi connectivity index (χ1v) is 8.20. The smallest absolute Gasteiger partial charge is 0.414 e. The summed E-state index contributed by atoms with van der Waals surface area (Å²) in [5, 5.41) is 5.18. The van der Waals surface area contributed by atoms with Gasteiger partial charge in [0.05, 0.1) is 10.6 Å². The van der Waals surface area contributed by atoms with Gasteiger partial charge in [0.2, 0.25) is 10.0 Å². The molecule has 0 saturated carbocycles. The average Bonchev–Trinajstić information content (AvgIpc) is 2.69. The van der Waals surface area contributed by atoms with E-state index >= 15 is 0 Å². The standard InChI is InChI=1S/C14H20N2O4S/c1-9-7-10(21(15,18)19)8-12-11(9)5-6-16(12)13(17)20-14(2,3)4/h7-8H,5-6H2,1-4H3,(H2,15,18,19). The van der Waals surface area contributed by atoms with Crippen LogP contribution < -0.4 is 10.0 Å². The summed E-state index contributed by atoms with van der Waals surface area (Å²) in [6.45, 7) is 7.64. The van der Waals surface area contributed by atoms with E-state index in [1.807, 2.05) is 6.92 Å². The highest BCUT2D eigenvalue weighted by Gasteiger charge is 2.31. The highest BCUT2D eigenvalue weighted by atomic mass is 32.2. The Morgan fingerprint density at radius 1 is 1.33 bits per heavy atom. The number of rotatable bonds is 1. The summed E-state index contributed by atoms with van der Waals surface area (Å²) in [5.41, 5.74) is 1.72. The van der Waals surface area contributed by atoms with Crippen molar-refractivity contribution in [1.82, 2.24) is 0 Å². The number of primary sulfonamides is 1. The molecule has 1 aromatic carbocycles. The lowest BCUT2D eigenvalue weighted by molar-refractivity contribution is 0.0584. The molecular weight excluding hydrogens is 292 g/mol. The van der Waals surface area contributed by atoms with Crippen LogP contribution in [-0.4, -0.2) is 26.7 Å². The van der Waals surface area contributed by atoms with Crippen LogP contribution in [0.4, 0.5) is 10.5 Å². The maximum Gasteiger partial charge on any atom is 0.414 e. The summed E-state index contributed by atoms with van der Waals surface area (Å²) in [5.74, 6) is 0. The number of hydrogen-bond donors (Lipinski definition) is 1. The van der Waals surface area contributed by atoms with E-state index < -0.39 is 21.7 Å². The molecule has 0 fully saturated rings. The van der Waals surface area contributed by atoms with Gasteiger partial charge in [0.1, 0.15) is 5.60 Å². The van der Waals surface area contributed by atoms with Crippen molar-refractivity contribution in [3.05, 3.63) is 23.3 Å². The molecule has 0 saturated heterocycles. The maximum atomic E-state index is 12.2. The third-order valence-corrected chi connectivity index (χ3v) is 4.13. The van der Waals surface area contributed by atoms with Gasteiger partial charge in [-0.1, -0.05) is 0 Å². The lowest BCUT2D eigenvalue weighted by atomic mass is 10.1. The number of carbonyl (C=O) groups is 1. The predicted molar refractivity (Wildman–Crippen MR) is 79.8 cm³/mol. The molecule has 1 aliphatic heterocycles. The number of fused-ring (bicyclic) bond motifs is 1. The number of anilines is 1. The second kappa shape index (κ2) is 4.99. The Morgan fingerprint density at radius 3 is 2.48 bits per heavy atom. The van der Waals surface area contributed by atoms with Crippen molar-refractivity contribution < 1.29 is 17.9 Å². The number of benzene rings is 1. The Hall–Kier alpha value is -1.60. The van der Waals surface area contributed by atoms with Crippen LogP contribution in [0.3, 0.4) is 0 Å². The van der Waals surface area contributed by atoms with E-state index in [9.17, 15) is 13.2 Å². The second-order valence-electron chi connectivity index (χ2n) is 6.16. The molecule has 1 amide bonds. The Balaban J connectivity index is 2.43. The summed E-state index contributed by atoms with van der Waals surface area (Å²) in [6, 6.07) is 2.97. The van der Waals surface area contributed by atoms with E-state index in [1.165, 1.54) is 17.0 Å². The SMILES string of the molecule is Cc1cc(S(N)(=O)=O)cc2c1CCN2C(=O)OC(C)(C)C. The molecule has 0 atom stereocenters. The molecular formula is C14H20N2O4S. The zero-order valence-electron chi connectivity index (χ0n) is 12.6. The van der Waals surface area contributed by atoms with Crippen LogP contribution >= 0.6 is 0 Å². The van der Waals surface area contributed by atoms with Gasteiger partial charge < -0.3 is 4.74 Å². The molecule has 0 aromatic heterocycles. The van der Waals surface area contributed by atoms with Gasteiger partial charge in [-0.2, -0.15) is 0 Å². The van der Waals surface area contributed by atoms with E-state index in [0.29, 0.717) is 18.7 Å². The average molecular weight is 312 g/mol. The Kier molecular flexibility index (Phi) is 3.75. The highest BCUT2D eigenvalue weighted by molar-refractivity contribution is 7.89. The molecule has 21 heavy (non-hydrogen) atoms. The van der Waals surface area contributed by atoms with E-state index in [4.69, 9.17) is 9.88 Å². The summed E-state index contributed by atoms with van der Waals surface area (Å²) in [4.78, 5) is 13.7. The lowest BCUT2D eigenvalue weighted by Gasteiger charge is -2.25. The molecule has 1 aliphatic rings. The summed E-state index contributed by atoms with van der Waals surface area (Å²) < 4.78 is 28.4. The third kappa shape index (κ3) is 3.36. The van der Waals surface area contributed by atoms with E-state index in [2.05, 4.69) is 0 Å². The Labute approximate surface area is 124 Å². The number of nitrogens with two attached hydrogens (primary N) is 1. The number of aryl methyl sites for hydroxylation is 1. The van der Waals surface area contributed by atoms with E-state index in [0.717, 1.165) is 11.1 Å². The van der Waals surface area contributed by atoms with Crippen molar-refractivity contribution >= 4 is 21.8 Å². The Morgan fingerprint density at radius 2 is 1.95 bits per heavy atom. The van der Waals surface area contributed by atoms with Crippen molar-refractivity contribution in [3.8, 4) is 0 Å². The zero-order valence-corrected chi connectivity index (χ0v) is 13.5. The van der Waals surface area contributed by atoms with Crippen LogP contribution in [0.1, 0.15) is 31.9 Å². The van der Waals surface area contributed by atoms with Gasteiger partial charge in [0.25, 0.3) is 0 Å². The molecule has 6 nitrogen and oxygen atoms in total. The van der Waals surface area contributed by atoms with E-state index in [-0.39, 0.29) is 4.90 Å². The molecule has 0 aliphatic carbocycles. The van der Waals surface area contributed by atoms with Crippen LogP contribution in [0, 0.1) is 6.92 Å². The van der Waals surface area contributed by atoms with Gasteiger partial charge in [0.15, 0.2) is 0 Å². The second-order valence-corrected chi connectivity index (χ2v) is 7.73. The van der Waals surface area contributed by atoms with Crippen LogP contribution in [0.5, 0.6) is 0 Å². The lowest BCUT2D eigenvalue weighted by Crippen LogP contribution is -2.35. The Bertz CT molecular complexity index is 690. The molecule has 1 aromatic rings. The molecule has 2 rings (SSSR count). The third-order valence-electron chi connectivity index (χ3n) is 3.24. The van der Waals surface area contributed by atoms with Crippen molar-refractivity contribution in [2.75, 3.05) is 11.4 Å². The molecule has 0 spiro atoms. The van der Waals surface area contributed by atoms with Crippen molar-refractivity contribution in [3.63, 3.8) is 0 Å². The van der Waals surface area contributed by atoms with Gasteiger partial charge in [0, 0.05) is 6.54 Å². The van der Waals surface area contributed by atoms with Gasteiger partial charge in [-0.3, -0.25) is 4.90 Å². The minimum Gasteiger partial charge on any atom is -0.443 e. The monoisotopic (exact) mass is 312 g/mol. The van der Waals surface area contributed by atoms with Gasteiger partial charge >= 0.3 is 6.09 Å². The minimum absolute atomic E-state index is 0.00853. The van der Waals surface area contributed by atoms with Gasteiger partial charge in [-0.25, -0.2) is 18.4 Å². The molecule has 0 bridgehead atoms. The number of carbonyl (C=O) groups excluding carboxylic acids is 1. The minimum atomic E-state index is -3.81. The number of nitrogens with zero attached hydrogens (tertiary/aromatic N) is 1. The largest absolute Gasteiger partial charge is 0.443 e. The number of amides is 1. The predicted octanol–water partition coefficient (Wildman–Crippen LogP) is 1.94. The topological polar surface area (TPSA) is 89.7 Å². The summed E-state index contributed by atoms with van der Waals surface area (Å²) >= 11 is 0. The number of hydrogen-bond acceptors (Lipinski definition) is 4. The van der Waals surface area contributed by atoms with Crippen LogP contribution in [0.15, 0.2) is 17.0 Å². The number of ether oxygens (including phenoxy) is 1. The highest BCUT2D eigenvalue weighted by Crippen LogP contribution is 2.34. The van der Waals surface area contributed by atoms with Crippen molar-refractivity contribution in [2.24, 2.45) is 5.14 Å². The van der Waals surface area contributed by atoms with Crippen molar-refractivity contribution in [2.45, 2.75) is 44.6 Å². The van der Waals surface area contributed by atoms with Crippen LogP contribution in [-0.2, 0) is 21.2 Å². The first kappa shape index (κ1) is 15.8. The molecule has 116 valence electrons. The first-order valence-electron chi connectivity index (χ1n) is 6.66. The van der Waals surface area contributed by atoms with Gasteiger partial charge in [-0.05, 0) is 57.4 Å². The summed E-state index contributed by atoms with van der Waals surface area (Å²) in [7, 11) is -3.81. The molecule has 0 radical (unpaired) electrons. The first-order chi connectivity index (χ1) is 9.49. The molecule has 1 heterocycles. The van der Waals surface area contributed by atoms with Gasteiger partial charge in [-0.15, -0.1) is 0 Å². The molecule has 0 unspecified atom stereocenters. The fourth-order valence-corrected chi connectivity index (χ4v) is 2.96. The maximum absolute atomic E-state index is 12.2. The van der Waals surface area contributed by atoms with E-state index in [1.54, 1.807) is 20.8 Å². The number of sulfonamides is 1. The quantitative estimate of drug-likeness (QED) is 0.858. The normalized spacial score (nSPS) is 15.0. The fraction of sp³-hybridized carbons (Fsp3) is 0.500. The van der Waals surface area contributed by atoms with Crippen molar-refractivity contribution in [1.29, 1.82) is 0 Å². The summed E-state index contributed by atoms with van der Waals surface area (Å²) in [6.07, 6.45) is 0.193. The van der Waals surface area contributed by atoms with Crippen LogP contribution in [0.25, 0.3) is 0 Å². The van der Waals surface area contributed by atoms with Crippen LogP contribution in [0.2, 0.25) is 0 Å². The molecule has 2 N–H and O–H groups in total. The zero-order chi connectivity index (χ0) is 16.0. The molecule has 7 heteroatoms. The fourth-order valence-electron chi connectivity index (χ4n) is 2.35.